The van der Waals surface area contributed by atoms with E-state index in [2.05, 4.69) is 7.26 Å². The predicted molar refractivity (Wildman–Crippen MR) is 52.9 cm³/mol. The Morgan fingerprint density at radius 3 is 0.571 bits per heavy atom. The Morgan fingerprint density at radius 1 is 0.476 bits per heavy atom. The number of hydrogen-bond donors (Lipinski definition) is 2. The van der Waals surface area contributed by atoms with Crippen LogP contribution >= 0.6 is 0 Å². The topological polar surface area (TPSA) is 320 Å². The Hall–Kier alpha value is -0.000519. The number of rotatable bonds is 4. The zero-order valence-corrected chi connectivity index (χ0v) is 14.1. The molecule has 0 aromatic carbocycles. The fraction of sp³-hybridized carbons (Fsp3) is 0. The third kappa shape index (κ3) is 45.0. The minimum Gasteiger partial charge on any atom is -0.725 e. The molecule has 0 aliphatic heterocycles. The molecule has 16 nitrogen and oxygen atoms in total. The Morgan fingerprint density at radius 2 is 0.571 bits per heavy atom. The van der Waals surface area contributed by atoms with Gasteiger partial charge in [-0.2, -0.15) is 7.26 Å². The van der Waals surface area contributed by atoms with E-state index in [-0.39, 0.29) is 29.4 Å². The summed E-state index contributed by atoms with van der Waals surface area (Å²) in [6.45, 7) is 0. The molecule has 8 N–H and O–H groups in total. The van der Waals surface area contributed by atoms with Crippen molar-refractivity contribution in [2.45, 2.75) is 0 Å². The minimum atomic E-state index is -5.43. The summed E-state index contributed by atoms with van der Waals surface area (Å²) >= 11 is 0. The predicted octanol–water partition coefficient (Wildman–Crippen LogP) is -3.40. The van der Waals surface area contributed by atoms with E-state index < -0.39 is 41.6 Å². The molecule has 0 rings (SSSR count). The molecule has 0 aromatic heterocycles. The zero-order valence-electron chi connectivity index (χ0n) is 9.70. The van der Waals surface area contributed by atoms with Gasteiger partial charge < -0.3 is 30.5 Å². The van der Waals surface area contributed by atoms with E-state index in [1.54, 1.807) is 0 Å². The fourth-order valence-electron chi connectivity index (χ4n) is 0.204. The molecule has 0 bridgehead atoms. The normalized spacial score (nSPS) is 11.6. The van der Waals surface area contributed by atoms with Crippen LogP contribution in [0, 0.1) is 0 Å². The molecule has 0 saturated carbocycles. The van der Waals surface area contributed by atoms with Gasteiger partial charge in [-0.25, -0.2) is 33.7 Å². The van der Waals surface area contributed by atoms with Gasteiger partial charge in [0.05, 0.1) is 0 Å². The van der Waals surface area contributed by atoms with Crippen LogP contribution in [0.4, 0.5) is 0 Å². The van der Waals surface area contributed by atoms with E-state index in [0.29, 0.717) is 0 Å². The number of hydrogen-bond acceptors (Lipinski definition) is 14. The molecule has 0 atom stereocenters. The Bertz CT molecular complexity index is 541. The van der Waals surface area contributed by atoms with Crippen LogP contribution in [0.15, 0.2) is 0 Å². The van der Waals surface area contributed by atoms with Crippen LogP contribution in [0.5, 0.6) is 0 Å². The summed E-state index contributed by atoms with van der Waals surface area (Å²) in [5.41, 5.74) is 0. The summed E-state index contributed by atoms with van der Waals surface area (Å²) in [5, 5.41) is 0. The molecular formula is H8FeN2O14S4. The van der Waals surface area contributed by atoms with Crippen molar-refractivity contribution in [1.29, 1.82) is 0 Å². The third-order valence-corrected chi connectivity index (χ3v) is 3.00. The van der Waals surface area contributed by atoms with Gasteiger partial charge in [0, 0.05) is 0 Å². The van der Waals surface area contributed by atoms with Gasteiger partial charge in [0.25, 0.3) is 0 Å². The second-order valence-electron chi connectivity index (χ2n) is 1.77. The van der Waals surface area contributed by atoms with E-state index in [0.717, 1.165) is 0 Å². The van der Waals surface area contributed by atoms with Crippen molar-refractivity contribution in [2.24, 2.45) is 0 Å². The van der Waals surface area contributed by atoms with Crippen molar-refractivity contribution < 1.29 is 76.2 Å². The molecule has 134 valence electrons. The molecule has 21 heteroatoms. The summed E-state index contributed by atoms with van der Waals surface area (Å²) in [4.78, 5) is 0. The van der Waals surface area contributed by atoms with Crippen LogP contribution in [0.25, 0.3) is 0 Å². The molecule has 0 aromatic rings. The van der Waals surface area contributed by atoms with Gasteiger partial charge in [0.2, 0.25) is 41.6 Å². The van der Waals surface area contributed by atoms with Crippen LogP contribution in [0.3, 0.4) is 0 Å². The largest absolute Gasteiger partial charge is 2.00 e. The maximum Gasteiger partial charge on any atom is 2.00 e. The molecule has 0 fully saturated rings. The van der Waals surface area contributed by atoms with Crippen LogP contribution in [0.2, 0.25) is 0 Å². The first-order chi connectivity index (χ1) is 7.41. The molecule has 0 heterocycles. The maximum absolute atomic E-state index is 9.29. The van der Waals surface area contributed by atoms with Crippen LogP contribution in [-0.2, 0) is 65.9 Å². The average Bonchev–Trinajstić information content (AvgIpc) is 1.64. The van der Waals surface area contributed by atoms with Gasteiger partial charge in [-0.15, -0.1) is 0 Å². The van der Waals surface area contributed by atoms with Crippen molar-refractivity contribution in [3.63, 3.8) is 0 Å². The Labute approximate surface area is 130 Å². The van der Waals surface area contributed by atoms with E-state index in [1.165, 1.54) is 0 Å². The standard InChI is InChI=1S/Fe.2H3N.2H2O7S2/c;;;2*1-8(2,3)7-9(4,5)6/h;2*1H3;2*(H,1,2,3)(H,4,5,6)/q+2;;;;/p-2. The second-order valence-corrected chi connectivity index (χ2v) is 6.12. The second kappa shape index (κ2) is 10.7. The minimum absolute atomic E-state index is 0. The SMILES string of the molecule is O=S(=O)([O-])OS(=O)(=O)[O-].O=S(=O)([O-])OS(=O)(=O)[O-].[Fe+2].[NH4+].[NH4+]. The third-order valence-electron chi connectivity index (χ3n) is 0.333. The fourth-order valence-corrected chi connectivity index (χ4v) is 1.84. The molecule has 0 unspecified atom stereocenters. The van der Waals surface area contributed by atoms with Crippen molar-refractivity contribution in [1.82, 2.24) is 12.3 Å². The van der Waals surface area contributed by atoms with Crippen molar-refractivity contribution >= 4 is 41.6 Å². The van der Waals surface area contributed by atoms with Crippen LogP contribution in [0.1, 0.15) is 0 Å². The maximum atomic E-state index is 9.29. The first-order valence-electron chi connectivity index (χ1n) is 2.67. The first kappa shape index (κ1) is 32.8. The summed E-state index contributed by atoms with van der Waals surface area (Å²) in [5.74, 6) is 0. The first-order valence-corrected chi connectivity index (χ1v) is 8.00. The van der Waals surface area contributed by atoms with E-state index in [1.807, 2.05) is 0 Å². The van der Waals surface area contributed by atoms with Gasteiger partial charge in [0.15, 0.2) is 0 Å². The monoisotopic (exact) mass is 444 g/mol. The Kier molecular flexibility index (Phi) is 16.7. The van der Waals surface area contributed by atoms with Crippen molar-refractivity contribution in [3.05, 3.63) is 0 Å². The van der Waals surface area contributed by atoms with Gasteiger partial charge in [0.1, 0.15) is 0 Å². The molecule has 0 saturated heterocycles. The van der Waals surface area contributed by atoms with E-state index in [4.69, 9.17) is 0 Å². The number of quaternary nitrogens is 2. The van der Waals surface area contributed by atoms with Gasteiger partial charge in [-0.3, -0.25) is 0 Å². The molecule has 0 aliphatic rings. The quantitative estimate of drug-likeness (QED) is 0.242. The summed E-state index contributed by atoms with van der Waals surface area (Å²) < 4.78 is 116. The summed E-state index contributed by atoms with van der Waals surface area (Å²) in [7, 11) is -21.7. The Balaban J connectivity index is -0.0000000711. The van der Waals surface area contributed by atoms with Crippen molar-refractivity contribution in [2.75, 3.05) is 0 Å². The molecule has 0 aliphatic carbocycles. The molecule has 21 heavy (non-hydrogen) atoms. The smallest absolute Gasteiger partial charge is 0.725 e. The average molecular weight is 444 g/mol. The van der Waals surface area contributed by atoms with Gasteiger partial charge >= 0.3 is 17.1 Å². The molecule has 0 amide bonds. The molecular weight excluding hydrogens is 436 g/mol. The van der Waals surface area contributed by atoms with Crippen LogP contribution in [-0.4, -0.2) is 51.9 Å². The van der Waals surface area contributed by atoms with Gasteiger partial charge in [-0.05, 0) is 0 Å². The van der Waals surface area contributed by atoms with Gasteiger partial charge in [-0.1, -0.05) is 0 Å². The van der Waals surface area contributed by atoms with E-state index >= 15 is 0 Å². The summed E-state index contributed by atoms with van der Waals surface area (Å²) in [6.07, 6.45) is 0. The van der Waals surface area contributed by atoms with E-state index in [9.17, 15) is 51.9 Å². The van der Waals surface area contributed by atoms with Crippen molar-refractivity contribution in [3.8, 4) is 0 Å². The zero-order chi connectivity index (χ0) is 15.4. The summed E-state index contributed by atoms with van der Waals surface area (Å²) in [6, 6.07) is 0. The molecule has 0 radical (unpaired) electrons. The molecule has 0 spiro atoms. The van der Waals surface area contributed by atoms with Crippen LogP contribution < -0.4 is 12.3 Å².